The fraction of sp³-hybridized carbons (Fsp3) is 0.462. The molecule has 1 aromatic rings. The molecule has 1 rings (SSSR count). The van der Waals surface area contributed by atoms with Crippen molar-refractivity contribution >= 4 is 16.0 Å². The highest BCUT2D eigenvalue weighted by Gasteiger charge is 2.11. The summed E-state index contributed by atoms with van der Waals surface area (Å²) in [5.74, 6) is 0.330. The Morgan fingerprint density at radius 3 is 2.57 bits per heavy atom. The minimum atomic E-state index is -3.41. The molecule has 0 aliphatic heterocycles. The number of nitrogens with one attached hydrogen (secondary N) is 2. The fourth-order valence-electron chi connectivity index (χ4n) is 1.56. The number of hydrogen-bond donors (Lipinski definition) is 3. The Bertz CT molecular complexity index is 555. The van der Waals surface area contributed by atoms with Gasteiger partial charge < -0.3 is 15.8 Å². The number of ether oxygens (including phenoxy) is 1. The van der Waals surface area contributed by atoms with Gasteiger partial charge in [-0.3, -0.25) is 0 Å². The van der Waals surface area contributed by atoms with E-state index in [2.05, 4.69) is 15.0 Å². The number of benzene rings is 1. The van der Waals surface area contributed by atoms with Crippen molar-refractivity contribution in [2.75, 3.05) is 26.8 Å². The minimum absolute atomic E-state index is 0.239. The van der Waals surface area contributed by atoms with Crippen LogP contribution in [-0.2, 0) is 21.3 Å². The van der Waals surface area contributed by atoms with Gasteiger partial charge in [0.05, 0.1) is 18.0 Å². The zero-order valence-electron chi connectivity index (χ0n) is 12.3. The van der Waals surface area contributed by atoms with Crippen LogP contribution in [0.1, 0.15) is 12.5 Å². The van der Waals surface area contributed by atoms with Crippen LogP contribution >= 0.6 is 0 Å². The number of nitrogens with zero attached hydrogens (tertiary/aromatic N) is 1. The molecule has 0 unspecified atom stereocenters. The van der Waals surface area contributed by atoms with Crippen molar-refractivity contribution in [3.63, 3.8) is 0 Å². The molecule has 0 heterocycles. The number of nitrogens with two attached hydrogens (primary N) is 1. The molecule has 0 fully saturated rings. The SMILES string of the molecule is CCNS(=O)(=O)c1ccc(CN=C(N)NCCOC)cc1. The zero-order chi connectivity index (χ0) is 15.7. The summed E-state index contributed by atoms with van der Waals surface area (Å²) in [6.45, 7) is 3.62. The maximum Gasteiger partial charge on any atom is 0.240 e. The largest absolute Gasteiger partial charge is 0.383 e. The lowest BCUT2D eigenvalue weighted by atomic mass is 10.2. The average molecular weight is 314 g/mol. The average Bonchev–Trinajstić information content (AvgIpc) is 2.46. The Morgan fingerprint density at radius 1 is 1.33 bits per heavy atom. The third-order valence-corrected chi connectivity index (χ3v) is 4.17. The van der Waals surface area contributed by atoms with Crippen molar-refractivity contribution in [1.29, 1.82) is 0 Å². The first kappa shape index (κ1) is 17.4. The van der Waals surface area contributed by atoms with Crippen molar-refractivity contribution in [1.82, 2.24) is 10.0 Å². The van der Waals surface area contributed by atoms with Gasteiger partial charge in [0.25, 0.3) is 0 Å². The van der Waals surface area contributed by atoms with Crippen LogP contribution in [0.5, 0.6) is 0 Å². The Morgan fingerprint density at radius 2 is 2.00 bits per heavy atom. The van der Waals surface area contributed by atoms with Crippen LogP contribution in [-0.4, -0.2) is 41.2 Å². The number of guanidine groups is 1. The predicted molar refractivity (Wildman–Crippen MR) is 82.5 cm³/mol. The number of rotatable bonds is 8. The van der Waals surface area contributed by atoms with Gasteiger partial charge in [-0.05, 0) is 17.7 Å². The van der Waals surface area contributed by atoms with E-state index in [4.69, 9.17) is 10.5 Å². The van der Waals surface area contributed by atoms with Crippen LogP contribution in [0.4, 0.5) is 0 Å². The molecule has 21 heavy (non-hydrogen) atoms. The topological polar surface area (TPSA) is 106 Å². The van der Waals surface area contributed by atoms with Crippen molar-refractivity contribution in [2.24, 2.45) is 10.7 Å². The summed E-state index contributed by atoms with van der Waals surface area (Å²) in [6, 6.07) is 6.54. The number of aliphatic imine (C=N–C) groups is 1. The van der Waals surface area contributed by atoms with Crippen LogP contribution in [0.3, 0.4) is 0 Å². The van der Waals surface area contributed by atoms with Gasteiger partial charge in [0.2, 0.25) is 10.0 Å². The normalized spacial score (nSPS) is 12.4. The second-order valence-corrected chi connectivity index (χ2v) is 6.03. The molecule has 7 nitrogen and oxygen atoms in total. The number of hydrogen-bond acceptors (Lipinski definition) is 4. The van der Waals surface area contributed by atoms with E-state index in [1.54, 1.807) is 38.3 Å². The molecule has 0 radical (unpaired) electrons. The first-order valence-electron chi connectivity index (χ1n) is 6.61. The minimum Gasteiger partial charge on any atom is -0.383 e. The van der Waals surface area contributed by atoms with Gasteiger partial charge in [0, 0.05) is 20.2 Å². The molecule has 0 aliphatic carbocycles. The van der Waals surface area contributed by atoms with E-state index in [9.17, 15) is 8.42 Å². The number of methoxy groups -OCH3 is 1. The molecule has 8 heteroatoms. The summed E-state index contributed by atoms with van der Waals surface area (Å²) in [7, 11) is -1.80. The Kier molecular flexibility index (Phi) is 7.13. The van der Waals surface area contributed by atoms with Crippen molar-refractivity contribution in [3.05, 3.63) is 29.8 Å². The van der Waals surface area contributed by atoms with Crippen LogP contribution in [0.15, 0.2) is 34.2 Å². The van der Waals surface area contributed by atoms with Crippen LogP contribution in [0.25, 0.3) is 0 Å². The summed E-state index contributed by atoms with van der Waals surface area (Å²) >= 11 is 0. The standard InChI is InChI=1S/C13H22N4O3S/c1-3-17-21(18,19)12-6-4-11(5-7-12)10-16-13(14)15-8-9-20-2/h4-7,17H,3,8-10H2,1-2H3,(H3,14,15,16). The summed E-state index contributed by atoms with van der Waals surface area (Å²) < 4.78 is 30.9. The highest BCUT2D eigenvalue weighted by Crippen LogP contribution is 2.11. The van der Waals surface area contributed by atoms with Gasteiger partial charge in [0.15, 0.2) is 5.96 Å². The smallest absolute Gasteiger partial charge is 0.240 e. The molecule has 0 saturated carbocycles. The molecule has 0 bridgehead atoms. The molecule has 0 atom stereocenters. The van der Waals surface area contributed by atoms with Crippen LogP contribution < -0.4 is 15.8 Å². The van der Waals surface area contributed by atoms with E-state index in [1.807, 2.05) is 0 Å². The Hall–Kier alpha value is -1.64. The summed E-state index contributed by atoms with van der Waals surface area (Å²) in [6.07, 6.45) is 0. The first-order valence-corrected chi connectivity index (χ1v) is 8.09. The van der Waals surface area contributed by atoms with Crippen molar-refractivity contribution < 1.29 is 13.2 Å². The van der Waals surface area contributed by atoms with E-state index in [0.29, 0.717) is 32.2 Å². The molecule has 0 spiro atoms. The highest BCUT2D eigenvalue weighted by atomic mass is 32.2. The van der Waals surface area contributed by atoms with E-state index in [0.717, 1.165) is 5.56 Å². The van der Waals surface area contributed by atoms with E-state index < -0.39 is 10.0 Å². The Labute approximate surface area is 125 Å². The van der Waals surface area contributed by atoms with E-state index in [-0.39, 0.29) is 4.90 Å². The van der Waals surface area contributed by atoms with Gasteiger partial charge in [-0.1, -0.05) is 19.1 Å². The first-order chi connectivity index (χ1) is 9.99. The monoisotopic (exact) mass is 314 g/mol. The lowest BCUT2D eigenvalue weighted by Crippen LogP contribution is -2.34. The maximum absolute atomic E-state index is 11.8. The van der Waals surface area contributed by atoms with Gasteiger partial charge in [-0.25, -0.2) is 18.1 Å². The molecule has 118 valence electrons. The van der Waals surface area contributed by atoms with E-state index in [1.165, 1.54) is 0 Å². The third-order valence-electron chi connectivity index (χ3n) is 2.61. The molecule has 1 aromatic carbocycles. The molecule has 0 amide bonds. The molecular formula is C13H22N4O3S. The van der Waals surface area contributed by atoms with Crippen molar-refractivity contribution in [2.45, 2.75) is 18.4 Å². The van der Waals surface area contributed by atoms with Gasteiger partial charge in [-0.15, -0.1) is 0 Å². The Balaban J connectivity index is 2.61. The van der Waals surface area contributed by atoms with E-state index >= 15 is 0 Å². The molecule has 0 saturated heterocycles. The van der Waals surface area contributed by atoms with Gasteiger partial charge in [0.1, 0.15) is 0 Å². The zero-order valence-corrected chi connectivity index (χ0v) is 13.1. The summed E-state index contributed by atoms with van der Waals surface area (Å²) in [4.78, 5) is 4.40. The molecule has 0 aliphatic rings. The highest BCUT2D eigenvalue weighted by molar-refractivity contribution is 7.89. The van der Waals surface area contributed by atoms with Gasteiger partial charge in [-0.2, -0.15) is 0 Å². The quantitative estimate of drug-likeness (QED) is 0.357. The van der Waals surface area contributed by atoms with Gasteiger partial charge >= 0.3 is 0 Å². The molecular weight excluding hydrogens is 292 g/mol. The van der Waals surface area contributed by atoms with Crippen molar-refractivity contribution in [3.8, 4) is 0 Å². The molecule has 4 N–H and O–H groups in total. The second-order valence-electron chi connectivity index (χ2n) is 4.27. The molecule has 0 aromatic heterocycles. The third kappa shape index (κ3) is 6.11. The summed E-state index contributed by atoms with van der Waals surface area (Å²) in [5.41, 5.74) is 6.56. The predicted octanol–water partition coefficient (Wildman–Crippen LogP) is 0.0355. The van der Waals surface area contributed by atoms with Crippen LogP contribution in [0.2, 0.25) is 0 Å². The fourth-order valence-corrected chi connectivity index (χ4v) is 2.60. The summed E-state index contributed by atoms with van der Waals surface area (Å²) in [5, 5.41) is 2.90. The lowest BCUT2D eigenvalue weighted by Gasteiger charge is -2.06. The lowest BCUT2D eigenvalue weighted by molar-refractivity contribution is 0.204. The maximum atomic E-state index is 11.8. The number of sulfonamides is 1. The van der Waals surface area contributed by atoms with Crippen LogP contribution in [0, 0.1) is 0 Å². The second kappa shape index (κ2) is 8.60.